The monoisotopic (exact) mass is 310 g/mol. The fraction of sp³-hybridized carbons (Fsp3) is 0.316. The number of rotatable bonds is 3. The number of esters is 1. The topological polar surface area (TPSA) is 44.8 Å². The van der Waals surface area contributed by atoms with Gasteiger partial charge in [0.1, 0.15) is 17.4 Å². The van der Waals surface area contributed by atoms with Crippen LogP contribution >= 0.6 is 0 Å². The molecule has 4 nitrogen and oxygen atoms in total. The molecule has 2 aliphatic rings. The summed E-state index contributed by atoms with van der Waals surface area (Å²) in [5, 5.41) is 0. The predicted octanol–water partition coefficient (Wildman–Crippen LogP) is 2.86. The van der Waals surface area contributed by atoms with Crippen molar-refractivity contribution in [2.45, 2.75) is 18.8 Å². The van der Waals surface area contributed by atoms with Gasteiger partial charge < -0.3 is 14.2 Å². The molecule has 118 valence electrons. The summed E-state index contributed by atoms with van der Waals surface area (Å²) in [7, 11) is 1.43. The van der Waals surface area contributed by atoms with Gasteiger partial charge in [-0.1, -0.05) is 24.3 Å². The summed E-state index contributed by atoms with van der Waals surface area (Å²) < 4.78 is 16.2. The maximum atomic E-state index is 12.4. The van der Waals surface area contributed by atoms with Crippen molar-refractivity contribution in [3.05, 3.63) is 58.7 Å². The van der Waals surface area contributed by atoms with Crippen molar-refractivity contribution in [2.24, 2.45) is 0 Å². The molecule has 0 aliphatic carbocycles. The van der Waals surface area contributed by atoms with Gasteiger partial charge in [0, 0.05) is 12.8 Å². The van der Waals surface area contributed by atoms with Gasteiger partial charge in [-0.15, -0.1) is 0 Å². The first-order valence-corrected chi connectivity index (χ1v) is 7.85. The van der Waals surface area contributed by atoms with E-state index in [2.05, 4.69) is 12.1 Å². The van der Waals surface area contributed by atoms with Crippen LogP contribution in [-0.4, -0.2) is 26.3 Å². The van der Waals surface area contributed by atoms with E-state index in [0.29, 0.717) is 13.2 Å². The summed E-state index contributed by atoms with van der Waals surface area (Å²) in [5.74, 6) is 1.17. The molecule has 0 bridgehead atoms. The fourth-order valence-corrected chi connectivity index (χ4v) is 3.35. The molecule has 0 fully saturated rings. The highest BCUT2D eigenvalue weighted by molar-refractivity contribution is 5.82. The molecular formula is C19H18O4. The van der Waals surface area contributed by atoms with Gasteiger partial charge in [0.2, 0.25) is 0 Å². The largest absolute Gasteiger partial charge is 0.493 e. The maximum Gasteiger partial charge on any atom is 0.317 e. The molecule has 0 N–H and O–H groups in total. The van der Waals surface area contributed by atoms with Crippen molar-refractivity contribution in [3.63, 3.8) is 0 Å². The Morgan fingerprint density at radius 1 is 0.957 bits per heavy atom. The van der Waals surface area contributed by atoms with Crippen LogP contribution in [0.15, 0.2) is 36.4 Å². The Balaban J connectivity index is 1.77. The van der Waals surface area contributed by atoms with E-state index in [0.717, 1.165) is 46.6 Å². The molecule has 0 amide bonds. The van der Waals surface area contributed by atoms with E-state index in [9.17, 15) is 4.79 Å². The molecule has 0 atom stereocenters. The van der Waals surface area contributed by atoms with E-state index < -0.39 is 5.92 Å². The first-order chi connectivity index (χ1) is 11.3. The summed E-state index contributed by atoms with van der Waals surface area (Å²) >= 11 is 0. The summed E-state index contributed by atoms with van der Waals surface area (Å²) in [6.45, 7) is 1.41. The predicted molar refractivity (Wildman–Crippen MR) is 85.1 cm³/mol. The number of ether oxygens (including phenoxy) is 3. The Morgan fingerprint density at radius 2 is 1.48 bits per heavy atom. The van der Waals surface area contributed by atoms with Crippen LogP contribution in [-0.2, 0) is 22.4 Å². The summed E-state index contributed by atoms with van der Waals surface area (Å²) in [4.78, 5) is 12.4. The highest BCUT2D eigenvalue weighted by Crippen LogP contribution is 2.35. The van der Waals surface area contributed by atoms with E-state index in [1.54, 1.807) is 0 Å². The van der Waals surface area contributed by atoms with Crippen LogP contribution in [0.25, 0.3) is 0 Å². The highest BCUT2D eigenvalue weighted by Gasteiger charge is 2.27. The third kappa shape index (κ3) is 2.44. The molecule has 0 aromatic heterocycles. The number of carbonyl (C=O) groups excluding carboxylic acids is 1. The molecule has 0 saturated heterocycles. The lowest BCUT2D eigenvalue weighted by Crippen LogP contribution is -2.16. The molecule has 2 aromatic rings. The number of methoxy groups -OCH3 is 1. The smallest absolute Gasteiger partial charge is 0.317 e. The molecular weight excluding hydrogens is 292 g/mol. The fourth-order valence-electron chi connectivity index (χ4n) is 3.35. The van der Waals surface area contributed by atoms with Gasteiger partial charge in [-0.05, 0) is 34.4 Å². The van der Waals surface area contributed by atoms with Crippen molar-refractivity contribution < 1.29 is 19.0 Å². The highest BCUT2D eigenvalue weighted by atomic mass is 16.5. The first kappa shape index (κ1) is 14.1. The van der Waals surface area contributed by atoms with E-state index in [1.807, 2.05) is 24.3 Å². The van der Waals surface area contributed by atoms with Gasteiger partial charge >= 0.3 is 5.97 Å². The average molecular weight is 310 g/mol. The molecule has 4 rings (SSSR count). The second-order valence-corrected chi connectivity index (χ2v) is 5.89. The van der Waals surface area contributed by atoms with Crippen LogP contribution in [0, 0.1) is 0 Å². The minimum atomic E-state index is -0.420. The normalized spacial score (nSPS) is 14.9. The van der Waals surface area contributed by atoms with E-state index in [1.165, 1.54) is 7.11 Å². The van der Waals surface area contributed by atoms with Gasteiger partial charge in [0.05, 0.1) is 20.3 Å². The Kier molecular flexibility index (Phi) is 3.45. The Labute approximate surface area is 135 Å². The third-order valence-corrected chi connectivity index (χ3v) is 4.53. The number of hydrogen-bond acceptors (Lipinski definition) is 4. The van der Waals surface area contributed by atoms with Crippen LogP contribution in [0.1, 0.15) is 28.2 Å². The zero-order valence-electron chi connectivity index (χ0n) is 13.0. The second-order valence-electron chi connectivity index (χ2n) is 5.89. The lowest BCUT2D eigenvalue weighted by atomic mass is 9.89. The van der Waals surface area contributed by atoms with Crippen LogP contribution in [0.4, 0.5) is 0 Å². The first-order valence-electron chi connectivity index (χ1n) is 7.85. The molecule has 2 aromatic carbocycles. The van der Waals surface area contributed by atoms with Crippen molar-refractivity contribution in [3.8, 4) is 11.5 Å². The zero-order valence-corrected chi connectivity index (χ0v) is 13.0. The van der Waals surface area contributed by atoms with Gasteiger partial charge in [-0.25, -0.2) is 0 Å². The van der Waals surface area contributed by atoms with E-state index in [4.69, 9.17) is 14.2 Å². The lowest BCUT2D eigenvalue weighted by Gasteiger charge is -2.17. The Morgan fingerprint density at radius 3 is 1.96 bits per heavy atom. The third-order valence-electron chi connectivity index (χ3n) is 4.53. The minimum Gasteiger partial charge on any atom is -0.493 e. The zero-order chi connectivity index (χ0) is 15.8. The van der Waals surface area contributed by atoms with Crippen LogP contribution in [0.2, 0.25) is 0 Å². The molecule has 23 heavy (non-hydrogen) atoms. The Hall–Kier alpha value is -2.49. The Bertz CT molecular complexity index is 708. The summed E-state index contributed by atoms with van der Waals surface area (Å²) in [6, 6.07) is 11.9. The van der Waals surface area contributed by atoms with Gasteiger partial charge in [0.15, 0.2) is 0 Å². The summed E-state index contributed by atoms with van der Waals surface area (Å²) in [6.07, 6.45) is 1.77. The van der Waals surface area contributed by atoms with Crippen LogP contribution in [0.3, 0.4) is 0 Å². The standard InChI is InChI=1S/C19H18O4/c1-21-19(20)18(14-2-4-16-12(10-14)6-8-22-16)15-3-5-17-13(11-15)7-9-23-17/h2-5,10-11,18H,6-9H2,1H3. The van der Waals surface area contributed by atoms with Crippen LogP contribution in [0.5, 0.6) is 11.5 Å². The van der Waals surface area contributed by atoms with Gasteiger partial charge in [-0.3, -0.25) is 4.79 Å². The molecule has 0 spiro atoms. The second kappa shape index (κ2) is 5.61. The number of fused-ring (bicyclic) bond motifs is 2. The molecule has 0 radical (unpaired) electrons. The number of hydrogen-bond donors (Lipinski definition) is 0. The van der Waals surface area contributed by atoms with Crippen molar-refractivity contribution in [2.75, 3.05) is 20.3 Å². The van der Waals surface area contributed by atoms with Gasteiger partial charge in [0.25, 0.3) is 0 Å². The van der Waals surface area contributed by atoms with Crippen molar-refractivity contribution in [1.82, 2.24) is 0 Å². The molecule has 4 heteroatoms. The average Bonchev–Trinajstić information content (AvgIpc) is 3.22. The molecule has 2 heterocycles. The lowest BCUT2D eigenvalue weighted by molar-refractivity contribution is -0.141. The number of carbonyl (C=O) groups is 1. The minimum absolute atomic E-state index is 0.247. The van der Waals surface area contributed by atoms with Crippen molar-refractivity contribution in [1.29, 1.82) is 0 Å². The SMILES string of the molecule is COC(=O)C(c1ccc2c(c1)CCO2)c1ccc2c(c1)CCO2. The molecule has 0 unspecified atom stereocenters. The van der Waals surface area contributed by atoms with Crippen LogP contribution < -0.4 is 9.47 Å². The molecule has 0 saturated carbocycles. The van der Waals surface area contributed by atoms with E-state index >= 15 is 0 Å². The quantitative estimate of drug-likeness (QED) is 0.818. The summed E-state index contributed by atoms with van der Waals surface area (Å²) in [5.41, 5.74) is 4.20. The van der Waals surface area contributed by atoms with E-state index in [-0.39, 0.29) is 5.97 Å². The van der Waals surface area contributed by atoms with Gasteiger partial charge in [-0.2, -0.15) is 0 Å². The van der Waals surface area contributed by atoms with Crippen molar-refractivity contribution >= 4 is 5.97 Å². The molecule has 2 aliphatic heterocycles. The maximum absolute atomic E-state index is 12.4. The number of benzene rings is 2.